The third kappa shape index (κ3) is 4.00. The molecule has 1 saturated carbocycles. The molecule has 3 aliphatic heterocycles. The van der Waals surface area contributed by atoms with E-state index in [0.717, 1.165) is 49.4 Å². The molecular weight excluding hydrogens is 474 g/mol. The summed E-state index contributed by atoms with van der Waals surface area (Å²) in [7, 11) is 1.69. The van der Waals surface area contributed by atoms with Gasteiger partial charge in [0.15, 0.2) is 12.0 Å². The molecule has 1 amide bonds. The molecule has 4 aliphatic rings. The van der Waals surface area contributed by atoms with Crippen molar-refractivity contribution in [1.29, 1.82) is 0 Å². The number of hydrogen-bond acceptors (Lipinski definition) is 5. The Bertz CT molecular complexity index is 1210. The molecule has 2 aromatic rings. The number of carbonyl (C=O) groups is 1. The van der Waals surface area contributed by atoms with Crippen molar-refractivity contribution < 1.29 is 14.3 Å². The zero-order valence-corrected chi connectivity index (χ0v) is 22.6. The van der Waals surface area contributed by atoms with Crippen LogP contribution in [0.4, 0.5) is 0 Å². The molecule has 0 aromatic heterocycles. The molecule has 5 atom stereocenters. The lowest BCUT2D eigenvalue weighted by Crippen LogP contribution is -2.53. The SMILES string of the molecule is C=CC[C@]12C[C@@]3(O[C@H](C4CCNCC4)N=C3C[C@H](c3ccc(OC)cc3)[C@H]1C)N(Cc1ccccc1)C2=O. The number of nitrogens with zero attached hydrogens (tertiary/aromatic N) is 2. The third-order valence-corrected chi connectivity index (χ3v) is 9.62. The highest BCUT2D eigenvalue weighted by Crippen LogP contribution is 2.60. The molecule has 6 heteroatoms. The van der Waals surface area contributed by atoms with Crippen LogP contribution in [0.3, 0.4) is 0 Å². The van der Waals surface area contributed by atoms with Crippen molar-refractivity contribution in [1.82, 2.24) is 10.2 Å². The van der Waals surface area contributed by atoms with Crippen LogP contribution in [-0.4, -0.2) is 48.7 Å². The monoisotopic (exact) mass is 513 g/mol. The van der Waals surface area contributed by atoms with Crippen molar-refractivity contribution in [2.45, 2.75) is 63.4 Å². The fraction of sp³-hybridized carbons (Fsp3) is 0.500. The Morgan fingerprint density at radius 3 is 2.58 bits per heavy atom. The molecule has 1 aliphatic carbocycles. The van der Waals surface area contributed by atoms with Gasteiger partial charge in [-0.15, -0.1) is 6.58 Å². The fourth-order valence-electron chi connectivity index (χ4n) is 7.44. The summed E-state index contributed by atoms with van der Waals surface area (Å²) >= 11 is 0. The summed E-state index contributed by atoms with van der Waals surface area (Å²) in [6.45, 7) is 8.85. The number of methoxy groups -OCH3 is 1. The first-order valence-electron chi connectivity index (χ1n) is 14.1. The van der Waals surface area contributed by atoms with Crippen LogP contribution in [0, 0.1) is 17.3 Å². The lowest BCUT2D eigenvalue weighted by atomic mass is 9.66. The highest BCUT2D eigenvalue weighted by Gasteiger charge is 2.69. The van der Waals surface area contributed by atoms with E-state index in [4.69, 9.17) is 14.5 Å². The van der Waals surface area contributed by atoms with Crippen LogP contribution in [0.5, 0.6) is 5.75 Å². The predicted molar refractivity (Wildman–Crippen MR) is 149 cm³/mol. The van der Waals surface area contributed by atoms with Crippen molar-refractivity contribution in [3.05, 3.63) is 78.4 Å². The molecule has 2 aromatic carbocycles. The summed E-state index contributed by atoms with van der Waals surface area (Å²) in [5.74, 6) is 1.62. The van der Waals surface area contributed by atoms with E-state index in [1.54, 1.807) is 7.11 Å². The minimum Gasteiger partial charge on any atom is -0.497 e. The Kier molecular flexibility index (Phi) is 6.65. The second-order valence-electron chi connectivity index (χ2n) is 11.5. The van der Waals surface area contributed by atoms with Crippen molar-refractivity contribution in [3.63, 3.8) is 0 Å². The Labute approximate surface area is 226 Å². The highest BCUT2D eigenvalue weighted by molar-refractivity contribution is 6.02. The standard InChI is InChI=1S/C32H39N3O3/c1-4-16-31-21-32(35(30(31)36)20-23-8-6-5-7-9-23)28(34-29(38-32)25-14-17-33-18-15-25)19-27(22(31)2)24-10-12-26(37-3)13-11-24/h4-13,22,25,27,29,33H,1,14-21H2,2-3H3/t22-,27+,29-,31+,32+/m1/s1. The van der Waals surface area contributed by atoms with E-state index in [1.807, 2.05) is 41.3 Å². The quantitative estimate of drug-likeness (QED) is 0.510. The lowest BCUT2D eigenvalue weighted by Gasteiger charge is -2.40. The van der Waals surface area contributed by atoms with Crippen molar-refractivity contribution >= 4 is 11.6 Å². The van der Waals surface area contributed by atoms with Crippen LogP contribution in [0.25, 0.3) is 0 Å². The molecule has 6 rings (SSSR count). The second-order valence-corrected chi connectivity index (χ2v) is 11.5. The minimum atomic E-state index is -0.805. The van der Waals surface area contributed by atoms with Gasteiger partial charge < -0.3 is 19.7 Å². The molecule has 0 radical (unpaired) electrons. The van der Waals surface area contributed by atoms with Gasteiger partial charge in [-0.1, -0.05) is 55.5 Å². The highest BCUT2D eigenvalue weighted by atomic mass is 16.6. The van der Waals surface area contributed by atoms with Gasteiger partial charge in [0, 0.05) is 18.9 Å². The van der Waals surface area contributed by atoms with Crippen LogP contribution in [0.15, 0.2) is 72.2 Å². The first-order chi connectivity index (χ1) is 18.5. The van der Waals surface area contributed by atoms with E-state index >= 15 is 0 Å². The zero-order valence-electron chi connectivity index (χ0n) is 22.6. The fourth-order valence-corrected chi connectivity index (χ4v) is 7.44. The summed E-state index contributed by atoms with van der Waals surface area (Å²) in [6, 6.07) is 18.6. The summed E-state index contributed by atoms with van der Waals surface area (Å²) in [6.07, 6.45) is 5.85. The van der Waals surface area contributed by atoms with Gasteiger partial charge in [-0.25, -0.2) is 0 Å². The van der Waals surface area contributed by atoms with Gasteiger partial charge in [0.1, 0.15) is 5.75 Å². The smallest absolute Gasteiger partial charge is 0.232 e. The van der Waals surface area contributed by atoms with Gasteiger partial charge in [0.2, 0.25) is 5.91 Å². The molecule has 6 nitrogen and oxygen atoms in total. The topological polar surface area (TPSA) is 63.2 Å². The third-order valence-electron chi connectivity index (χ3n) is 9.62. The Hall–Kier alpha value is -2.96. The average molecular weight is 514 g/mol. The average Bonchev–Trinajstić information content (AvgIpc) is 3.40. The molecule has 200 valence electrons. The number of carbonyl (C=O) groups excluding carboxylic acids is 1. The predicted octanol–water partition coefficient (Wildman–Crippen LogP) is 5.31. The number of rotatable bonds is 7. The largest absolute Gasteiger partial charge is 0.497 e. The number of amides is 1. The Balaban J connectivity index is 1.46. The van der Waals surface area contributed by atoms with Gasteiger partial charge in [0.05, 0.1) is 18.2 Å². The lowest BCUT2D eigenvalue weighted by molar-refractivity contribution is -0.156. The number of aliphatic imine (C=N–C) groups is 1. The summed E-state index contributed by atoms with van der Waals surface area (Å²) < 4.78 is 12.5. The van der Waals surface area contributed by atoms with Crippen LogP contribution >= 0.6 is 0 Å². The Morgan fingerprint density at radius 1 is 1.16 bits per heavy atom. The van der Waals surface area contributed by atoms with Gasteiger partial charge >= 0.3 is 0 Å². The molecule has 2 saturated heterocycles. The number of likely N-dealkylation sites (tertiary alicyclic amines) is 1. The minimum absolute atomic E-state index is 0.0910. The zero-order chi connectivity index (χ0) is 26.3. The summed E-state index contributed by atoms with van der Waals surface area (Å²) in [5, 5.41) is 3.47. The first kappa shape index (κ1) is 25.3. The molecule has 0 unspecified atom stereocenters. The molecule has 38 heavy (non-hydrogen) atoms. The molecule has 3 fully saturated rings. The van der Waals surface area contributed by atoms with Gasteiger partial charge in [0.25, 0.3) is 0 Å². The molecule has 3 heterocycles. The summed E-state index contributed by atoms with van der Waals surface area (Å²) in [4.78, 5) is 22.1. The van der Waals surface area contributed by atoms with Crippen LogP contribution in [0.1, 0.15) is 56.1 Å². The molecular formula is C32H39N3O3. The van der Waals surface area contributed by atoms with Crippen molar-refractivity contribution in [2.24, 2.45) is 22.2 Å². The number of fused-ring (bicyclic) bond motifs is 1. The maximum Gasteiger partial charge on any atom is 0.232 e. The van der Waals surface area contributed by atoms with Crippen molar-refractivity contribution in [3.8, 4) is 5.75 Å². The molecule has 1 spiro atoms. The van der Waals surface area contributed by atoms with E-state index in [9.17, 15) is 4.79 Å². The van der Waals surface area contributed by atoms with E-state index in [0.29, 0.717) is 25.3 Å². The number of ether oxygens (including phenoxy) is 2. The number of benzene rings is 2. The normalized spacial score (nSPS) is 33.0. The number of allylic oxidation sites excluding steroid dienone is 1. The maximum absolute atomic E-state index is 14.7. The number of hydrogen-bond donors (Lipinski definition) is 1. The van der Waals surface area contributed by atoms with Gasteiger partial charge in [-0.2, -0.15) is 0 Å². The molecule has 2 bridgehead atoms. The van der Waals surface area contributed by atoms with Gasteiger partial charge in [-0.3, -0.25) is 9.79 Å². The number of nitrogens with one attached hydrogen (secondary N) is 1. The van der Waals surface area contributed by atoms with E-state index in [2.05, 4.69) is 43.1 Å². The first-order valence-corrected chi connectivity index (χ1v) is 14.1. The second kappa shape index (κ2) is 9.97. The van der Waals surface area contributed by atoms with Crippen LogP contribution < -0.4 is 10.1 Å². The van der Waals surface area contributed by atoms with E-state index < -0.39 is 11.1 Å². The van der Waals surface area contributed by atoms with E-state index in [1.165, 1.54) is 5.56 Å². The van der Waals surface area contributed by atoms with Gasteiger partial charge in [-0.05, 0) is 73.9 Å². The van der Waals surface area contributed by atoms with E-state index in [-0.39, 0.29) is 24.0 Å². The molecule has 1 N–H and O–H groups in total. The Morgan fingerprint density at radius 2 is 1.89 bits per heavy atom. The number of piperidine rings is 1. The van der Waals surface area contributed by atoms with Crippen LogP contribution in [0.2, 0.25) is 0 Å². The van der Waals surface area contributed by atoms with Crippen molar-refractivity contribution in [2.75, 3.05) is 20.2 Å². The maximum atomic E-state index is 14.7. The van der Waals surface area contributed by atoms with Crippen LogP contribution in [-0.2, 0) is 16.1 Å². The summed E-state index contributed by atoms with van der Waals surface area (Å²) in [5.41, 5.74) is 1.98.